The van der Waals surface area contributed by atoms with Crippen molar-refractivity contribution < 1.29 is 14.0 Å². The van der Waals surface area contributed by atoms with Gasteiger partial charge >= 0.3 is 0 Å². The van der Waals surface area contributed by atoms with Crippen LogP contribution in [0.5, 0.6) is 11.5 Å². The molecule has 0 bridgehead atoms. The zero-order chi connectivity index (χ0) is 14.5. The summed E-state index contributed by atoms with van der Waals surface area (Å²) in [6.45, 7) is 3.93. The van der Waals surface area contributed by atoms with E-state index in [1.165, 1.54) is 0 Å². The van der Waals surface area contributed by atoms with Gasteiger partial charge in [0.2, 0.25) is 0 Å². The molecule has 1 aromatic carbocycles. The molecule has 0 aliphatic carbocycles. The zero-order valence-electron chi connectivity index (χ0n) is 11.9. The predicted molar refractivity (Wildman–Crippen MR) is 73.7 cm³/mol. The second kappa shape index (κ2) is 6.38. The summed E-state index contributed by atoms with van der Waals surface area (Å²) in [7, 11) is 1.60. The maximum atomic E-state index is 5.81. The van der Waals surface area contributed by atoms with Gasteiger partial charge in [0.25, 0.3) is 5.89 Å². The van der Waals surface area contributed by atoms with Crippen molar-refractivity contribution in [2.45, 2.75) is 32.9 Å². The molecule has 2 N–H and O–H groups in total. The van der Waals surface area contributed by atoms with Crippen LogP contribution in [0, 0.1) is 6.92 Å². The third-order valence-electron chi connectivity index (χ3n) is 2.71. The minimum atomic E-state index is 0.0924. The van der Waals surface area contributed by atoms with E-state index in [4.69, 9.17) is 19.7 Å². The lowest BCUT2D eigenvalue weighted by molar-refractivity contribution is 0.233. The molecule has 0 amide bonds. The zero-order valence-corrected chi connectivity index (χ0v) is 11.9. The third kappa shape index (κ3) is 3.71. The van der Waals surface area contributed by atoms with E-state index in [0.717, 1.165) is 12.0 Å². The average Bonchev–Trinajstić information content (AvgIpc) is 2.82. The maximum Gasteiger partial charge on any atom is 0.264 e. The number of hydrogen-bond acceptors (Lipinski definition) is 6. The number of aryl methyl sites for hydroxylation is 1. The van der Waals surface area contributed by atoms with E-state index in [-0.39, 0.29) is 12.6 Å². The van der Waals surface area contributed by atoms with Gasteiger partial charge in [-0.3, -0.25) is 0 Å². The van der Waals surface area contributed by atoms with Gasteiger partial charge in [-0.1, -0.05) is 11.2 Å². The summed E-state index contributed by atoms with van der Waals surface area (Å²) >= 11 is 0. The fourth-order valence-electron chi connectivity index (χ4n) is 1.87. The molecule has 20 heavy (non-hydrogen) atoms. The molecule has 6 heteroatoms. The van der Waals surface area contributed by atoms with Gasteiger partial charge in [0.15, 0.2) is 23.9 Å². The van der Waals surface area contributed by atoms with Gasteiger partial charge in [0.05, 0.1) is 7.11 Å². The van der Waals surface area contributed by atoms with Crippen molar-refractivity contribution in [1.29, 1.82) is 0 Å². The second-order valence-electron chi connectivity index (χ2n) is 4.69. The molecular weight excluding hydrogens is 258 g/mol. The Balaban J connectivity index is 2.11. The van der Waals surface area contributed by atoms with Gasteiger partial charge in [0, 0.05) is 6.04 Å². The van der Waals surface area contributed by atoms with E-state index >= 15 is 0 Å². The molecule has 2 aromatic rings. The van der Waals surface area contributed by atoms with Crippen LogP contribution in [0.4, 0.5) is 0 Å². The van der Waals surface area contributed by atoms with E-state index in [1.54, 1.807) is 14.0 Å². The van der Waals surface area contributed by atoms with Crippen molar-refractivity contribution in [2.24, 2.45) is 5.73 Å². The molecule has 0 fully saturated rings. The SMILES string of the molecule is COc1ccc(CC(C)N)cc1OCc1nc(C)no1. The van der Waals surface area contributed by atoms with Gasteiger partial charge < -0.3 is 19.7 Å². The Labute approximate surface area is 117 Å². The van der Waals surface area contributed by atoms with Crippen LogP contribution in [-0.2, 0) is 13.0 Å². The van der Waals surface area contributed by atoms with Crippen molar-refractivity contribution >= 4 is 0 Å². The lowest BCUT2D eigenvalue weighted by Crippen LogP contribution is -2.17. The smallest absolute Gasteiger partial charge is 0.264 e. The van der Waals surface area contributed by atoms with Crippen molar-refractivity contribution in [3.63, 3.8) is 0 Å². The number of nitrogens with two attached hydrogens (primary N) is 1. The van der Waals surface area contributed by atoms with Crippen molar-refractivity contribution in [2.75, 3.05) is 7.11 Å². The number of hydrogen-bond donors (Lipinski definition) is 1. The summed E-state index contributed by atoms with van der Waals surface area (Å²) in [5.41, 5.74) is 6.90. The topological polar surface area (TPSA) is 83.4 Å². The summed E-state index contributed by atoms with van der Waals surface area (Å²) in [6.07, 6.45) is 0.778. The van der Waals surface area contributed by atoms with E-state index in [1.807, 2.05) is 25.1 Å². The molecule has 1 heterocycles. The largest absolute Gasteiger partial charge is 0.493 e. The van der Waals surface area contributed by atoms with E-state index in [0.29, 0.717) is 23.2 Å². The molecule has 0 spiro atoms. The van der Waals surface area contributed by atoms with Gasteiger partial charge in [-0.25, -0.2) is 0 Å². The Morgan fingerprint density at radius 2 is 2.15 bits per heavy atom. The first-order valence-corrected chi connectivity index (χ1v) is 6.43. The van der Waals surface area contributed by atoms with Gasteiger partial charge in [-0.15, -0.1) is 0 Å². The highest BCUT2D eigenvalue weighted by atomic mass is 16.5. The Morgan fingerprint density at radius 1 is 1.35 bits per heavy atom. The first-order valence-electron chi connectivity index (χ1n) is 6.43. The van der Waals surface area contributed by atoms with Crippen molar-refractivity contribution in [1.82, 2.24) is 10.1 Å². The van der Waals surface area contributed by atoms with Crippen LogP contribution in [0.15, 0.2) is 22.7 Å². The Hall–Kier alpha value is -2.08. The first kappa shape index (κ1) is 14.3. The summed E-state index contributed by atoms with van der Waals surface area (Å²) in [5.74, 6) is 2.32. The summed E-state index contributed by atoms with van der Waals surface area (Å²) in [5, 5.41) is 3.71. The standard InChI is InChI=1S/C14H19N3O3/c1-9(15)6-11-4-5-12(18-3)13(7-11)19-8-14-16-10(2)17-20-14/h4-5,7,9H,6,8,15H2,1-3H3. The number of aromatic nitrogens is 2. The molecule has 1 unspecified atom stereocenters. The van der Waals surface area contributed by atoms with Gasteiger partial charge in [0.1, 0.15) is 0 Å². The highest BCUT2D eigenvalue weighted by Gasteiger charge is 2.10. The van der Waals surface area contributed by atoms with Crippen molar-refractivity contribution in [3.8, 4) is 11.5 Å². The van der Waals surface area contributed by atoms with Crippen LogP contribution in [0.25, 0.3) is 0 Å². The predicted octanol–water partition coefficient (Wildman–Crippen LogP) is 1.86. The van der Waals surface area contributed by atoms with Crippen LogP contribution in [0.1, 0.15) is 24.2 Å². The summed E-state index contributed by atoms with van der Waals surface area (Å²) in [4.78, 5) is 4.09. The molecule has 108 valence electrons. The molecule has 0 radical (unpaired) electrons. The van der Waals surface area contributed by atoms with E-state index in [9.17, 15) is 0 Å². The minimum Gasteiger partial charge on any atom is -0.493 e. The van der Waals surface area contributed by atoms with Crippen LogP contribution < -0.4 is 15.2 Å². The quantitative estimate of drug-likeness (QED) is 0.867. The lowest BCUT2D eigenvalue weighted by atomic mass is 10.1. The normalized spacial score (nSPS) is 12.2. The monoisotopic (exact) mass is 277 g/mol. The Morgan fingerprint density at radius 3 is 2.75 bits per heavy atom. The molecule has 0 aliphatic rings. The number of rotatable bonds is 6. The first-order chi connectivity index (χ1) is 9.58. The molecule has 1 atom stereocenters. The molecular formula is C14H19N3O3. The van der Waals surface area contributed by atoms with Crippen LogP contribution in [0.2, 0.25) is 0 Å². The van der Waals surface area contributed by atoms with E-state index in [2.05, 4.69) is 10.1 Å². The number of ether oxygens (including phenoxy) is 2. The number of methoxy groups -OCH3 is 1. The highest BCUT2D eigenvalue weighted by molar-refractivity contribution is 5.43. The van der Waals surface area contributed by atoms with Gasteiger partial charge in [-0.05, 0) is 38.0 Å². The van der Waals surface area contributed by atoms with Crippen LogP contribution in [0.3, 0.4) is 0 Å². The summed E-state index contributed by atoms with van der Waals surface area (Å²) in [6, 6.07) is 5.86. The fourth-order valence-corrected chi connectivity index (χ4v) is 1.87. The lowest BCUT2D eigenvalue weighted by Gasteiger charge is -2.12. The second-order valence-corrected chi connectivity index (χ2v) is 4.69. The van der Waals surface area contributed by atoms with Crippen LogP contribution >= 0.6 is 0 Å². The number of benzene rings is 1. The fraction of sp³-hybridized carbons (Fsp3) is 0.429. The number of nitrogens with zero attached hydrogens (tertiary/aromatic N) is 2. The molecule has 0 aliphatic heterocycles. The Kier molecular flexibility index (Phi) is 4.57. The maximum absolute atomic E-state index is 5.81. The molecule has 0 saturated carbocycles. The minimum absolute atomic E-state index is 0.0924. The molecule has 0 saturated heterocycles. The molecule has 1 aromatic heterocycles. The molecule has 6 nitrogen and oxygen atoms in total. The summed E-state index contributed by atoms with van der Waals surface area (Å²) < 4.78 is 16.0. The van der Waals surface area contributed by atoms with E-state index < -0.39 is 0 Å². The van der Waals surface area contributed by atoms with Gasteiger partial charge in [-0.2, -0.15) is 4.98 Å². The average molecular weight is 277 g/mol. The van der Waals surface area contributed by atoms with Crippen molar-refractivity contribution in [3.05, 3.63) is 35.5 Å². The Bertz CT molecular complexity index is 567. The highest BCUT2D eigenvalue weighted by Crippen LogP contribution is 2.29. The molecule has 2 rings (SSSR count). The third-order valence-corrected chi connectivity index (χ3v) is 2.71. The van der Waals surface area contributed by atoms with Crippen LogP contribution in [-0.4, -0.2) is 23.3 Å².